The SMILES string of the molecule is CCNC(=NCC(C)(C)N1CCC(OC)CC1)N1CC2CCCCC2C1.I. The highest BCUT2D eigenvalue weighted by Crippen LogP contribution is 2.36. The number of nitrogens with zero attached hydrogens (tertiary/aromatic N) is 3. The van der Waals surface area contributed by atoms with E-state index in [1.165, 1.54) is 38.8 Å². The average molecular weight is 492 g/mol. The molecule has 27 heavy (non-hydrogen) atoms. The van der Waals surface area contributed by atoms with Crippen molar-refractivity contribution >= 4 is 29.9 Å². The number of hydrogen-bond acceptors (Lipinski definition) is 3. The van der Waals surface area contributed by atoms with Crippen molar-refractivity contribution in [1.82, 2.24) is 15.1 Å². The van der Waals surface area contributed by atoms with Crippen molar-refractivity contribution in [3.63, 3.8) is 0 Å². The maximum Gasteiger partial charge on any atom is 0.193 e. The van der Waals surface area contributed by atoms with Crippen LogP contribution < -0.4 is 5.32 Å². The zero-order valence-electron chi connectivity index (χ0n) is 17.9. The number of aliphatic imine (C=N–C) groups is 1. The zero-order chi connectivity index (χ0) is 18.6. The second-order valence-corrected chi connectivity index (χ2v) is 9.11. The molecular weight excluding hydrogens is 451 g/mol. The largest absolute Gasteiger partial charge is 0.381 e. The number of halogens is 1. The molecule has 5 nitrogen and oxygen atoms in total. The van der Waals surface area contributed by atoms with E-state index in [4.69, 9.17) is 9.73 Å². The Labute approximate surface area is 183 Å². The molecule has 1 N–H and O–H groups in total. The summed E-state index contributed by atoms with van der Waals surface area (Å²) in [6, 6.07) is 0. The van der Waals surface area contributed by atoms with Gasteiger partial charge in [0, 0.05) is 45.4 Å². The van der Waals surface area contributed by atoms with Crippen molar-refractivity contribution in [1.29, 1.82) is 0 Å². The number of piperidine rings is 1. The van der Waals surface area contributed by atoms with Gasteiger partial charge in [-0.25, -0.2) is 0 Å². The normalized spacial score (nSPS) is 28.0. The van der Waals surface area contributed by atoms with Crippen LogP contribution in [-0.4, -0.2) is 73.8 Å². The Morgan fingerprint density at radius 3 is 2.19 bits per heavy atom. The maximum atomic E-state index is 5.53. The minimum atomic E-state index is 0. The molecule has 0 bridgehead atoms. The van der Waals surface area contributed by atoms with Gasteiger partial charge in [-0.05, 0) is 58.3 Å². The zero-order valence-corrected chi connectivity index (χ0v) is 20.2. The van der Waals surface area contributed by atoms with Crippen LogP contribution in [0.25, 0.3) is 0 Å². The fourth-order valence-electron chi connectivity index (χ4n) is 5.07. The maximum absolute atomic E-state index is 5.53. The summed E-state index contributed by atoms with van der Waals surface area (Å²) in [5.41, 5.74) is 0.103. The van der Waals surface area contributed by atoms with Gasteiger partial charge in [-0.3, -0.25) is 9.89 Å². The van der Waals surface area contributed by atoms with E-state index >= 15 is 0 Å². The molecule has 3 aliphatic rings. The van der Waals surface area contributed by atoms with Crippen LogP contribution in [-0.2, 0) is 4.74 Å². The van der Waals surface area contributed by atoms with Gasteiger partial charge in [0.15, 0.2) is 5.96 Å². The van der Waals surface area contributed by atoms with Crippen LogP contribution in [0.5, 0.6) is 0 Å². The van der Waals surface area contributed by atoms with E-state index in [1.807, 2.05) is 7.11 Å². The smallest absolute Gasteiger partial charge is 0.193 e. The van der Waals surface area contributed by atoms with Crippen LogP contribution in [0.1, 0.15) is 59.3 Å². The molecule has 0 radical (unpaired) electrons. The molecule has 0 spiro atoms. The molecule has 3 rings (SSSR count). The van der Waals surface area contributed by atoms with Gasteiger partial charge in [0.1, 0.15) is 0 Å². The van der Waals surface area contributed by atoms with Gasteiger partial charge < -0.3 is 15.0 Å². The van der Waals surface area contributed by atoms with Crippen molar-refractivity contribution in [2.24, 2.45) is 16.8 Å². The number of likely N-dealkylation sites (tertiary alicyclic amines) is 2. The van der Waals surface area contributed by atoms with Crippen molar-refractivity contribution < 1.29 is 4.74 Å². The first-order valence-electron chi connectivity index (χ1n) is 10.8. The van der Waals surface area contributed by atoms with Crippen LogP contribution in [0, 0.1) is 11.8 Å². The fourth-order valence-corrected chi connectivity index (χ4v) is 5.07. The van der Waals surface area contributed by atoms with Gasteiger partial charge in [0.05, 0.1) is 12.6 Å². The number of fused-ring (bicyclic) bond motifs is 1. The Hall–Kier alpha value is -0.0800. The molecule has 0 aromatic rings. The predicted molar refractivity (Wildman–Crippen MR) is 124 cm³/mol. The summed E-state index contributed by atoms with van der Waals surface area (Å²) >= 11 is 0. The average Bonchev–Trinajstić information content (AvgIpc) is 3.09. The second-order valence-electron chi connectivity index (χ2n) is 9.11. The lowest BCUT2D eigenvalue weighted by Crippen LogP contribution is -2.51. The number of nitrogens with one attached hydrogen (secondary N) is 1. The molecule has 2 saturated heterocycles. The fraction of sp³-hybridized carbons (Fsp3) is 0.952. The van der Waals surface area contributed by atoms with Crippen LogP contribution in [0.2, 0.25) is 0 Å². The molecule has 3 fully saturated rings. The molecule has 2 unspecified atom stereocenters. The van der Waals surface area contributed by atoms with Gasteiger partial charge in [0.25, 0.3) is 0 Å². The van der Waals surface area contributed by atoms with Crippen LogP contribution in [0.4, 0.5) is 0 Å². The lowest BCUT2D eigenvalue weighted by Gasteiger charge is -2.42. The van der Waals surface area contributed by atoms with E-state index in [9.17, 15) is 0 Å². The summed E-state index contributed by atoms with van der Waals surface area (Å²) in [7, 11) is 1.84. The quantitative estimate of drug-likeness (QED) is 0.362. The molecule has 6 heteroatoms. The molecule has 0 aromatic carbocycles. The second kappa shape index (κ2) is 10.6. The summed E-state index contributed by atoms with van der Waals surface area (Å²) in [5.74, 6) is 2.93. The van der Waals surface area contributed by atoms with Crippen LogP contribution in [0.15, 0.2) is 4.99 Å². The number of methoxy groups -OCH3 is 1. The standard InChI is InChI=1S/C21H40N4O.HI/c1-5-22-20(24-14-17-8-6-7-9-18(17)15-24)23-16-21(2,3)25-12-10-19(26-4)11-13-25;/h17-19H,5-16H2,1-4H3,(H,22,23);1H. The molecule has 2 aliphatic heterocycles. The van der Waals surface area contributed by atoms with E-state index in [0.717, 1.165) is 56.8 Å². The van der Waals surface area contributed by atoms with E-state index in [2.05, 4.69) is 35.9 Å². The Morgan fingerprint density at radius 1 is 1.07 bits per heavy atom. The molecule has 2 heterocycles. The summed E-state index contributed by atoms with van der Waals surface area (Å²) < 4.78 is 5.53. The number of guanidine groups is 1. The van der Waals surface area contributed by atoms with Crippen LogP contribution in [0.3, 0.4) is 0 Å². The first-order valence-corrected chi connectivity index (χ1v) is 10.8. The van der Waals surface area contributed by atoms with Gasteiger partial charge in [-0.1, -0.05) is 12.8 Å². The van der Waals surface area contributed by atoms with E-state index in [-0.39, 0.29) is 29.5 Å². The monoisotopic (exact) mass is 492 g/mol. The van der Waals surface area contributed by atoms with Gasteiger partial charge in [-0.2, -0.15) is 0 Å². The van der Waals surface area contributed by atoms with Crippen molar-refractivity contribution in [2.75, 3.05) is 46.4 Å². The van der Waals surface area contributed by atoms with Gasteiger partial charge in [-0.15, -0.1) is 24.0 Å². The lowest BCUT2D eigenvalue weighted by molar-refractivity contribution is 0.00904. The molecule has 1 saturated carbocycles. The number of rotatable bonds is 5. The number of hydrogen-bond donors (Lipinski definition) is 1. The summed E-state index contributed by atoms with van der Waals surface area (Å²) in [6.07, 6.45) is 8.40. The molecule has 0 amide bonds. The van der Waals surface area contributed by atoms with Crippen LogP contribution >= 0.6 is 24.0 Å². The summed E-state index contributed by atoms with van der Waals surface area (Å²) in [6.45, 7) is 13.3. The Bertz CT molecular complexity index is 463. The van der Waals surface area contributed by atoms with E-state index < -0.39 is 0 Å². The highest BCUT2D eigenvalue weighted by atomic mass is 127. The lowest BCUT2D eigenvalue weighted by atomic mass is 9.82. The molecule has 158 valence electrons. The topological polar surface area (TPSA) is 40.1 Å². The third-order valence-corrected chi connectivity index (χ3v) is 6.86. The minimum absolute atomic E-state index is 0. The molecule has 2 atom stereocenters. The summed E-state index contributed by atoms with van der Waals surface area (Å²) in [5, 5.41) is 3.56. The Morgan fingerprint density at radius 2 is 1.67 bits per heavy atom. The van der Waals surface area contributed by atoms with Crippen molar-refractivity contribution in [3.8, 4) is 0 Å². The number of ether oxygens (including phenoxy) is 1. The third kappa shape index (κ3) is 5.95. The summed E-state index contributed by atoms with van der Waals surface area (Å²) in [4.78, 5) is 10.2. The highest BCUT2D eigenvalue weighted by molar-refractivity contribution is 14.0. The Kier molecular flexibility index (Phi) is 9.13. The minimum Gasteiger partial charge on any atom is -0.381 e. The molecule has 0 aromatic heterocycles. The van der Waals surface area contributed by atoms with E-state index in [0.29, 0.717) is 6.10 Å². The third-order valence-electron chi connectivity index (χ3n) is 6.86. The van der Waals surface area contributed by atoms with Gasteiger partial charge >= 0.3 is 0 Å². The van der Waals surface area contributed by atoms with Crippen molar-refractivity contribution in [3.05, 3.63) is 0 Å². The molecule has 1 aliphatic carbocycles. The molecular formula is C21H41IN4O. The first kappa shape index (κ1) is 23.2. The van der Waals surface area contributed by atoms with Crippen molar-refractivity contribution in [2.45, 2.75) is 70.9 Å². The predicted octanol–water partition coefficient (Wildman–Crippen LogP) is 3.58. The van der Waals surface area contributed by atoms with E-state index in [1.54, 1.807) is 0 Å². The van der Waals surface area contributed by atoms with Gasteiger partial charge in [0.2, 0.25) is 0 Å². The Balaban J connectivity index is 0.00000261. The first-order chi connectivity index (χ1) is 12.5. The highest BCUT2D eigenvalue weighted by Gasteiger charge is 2.36.